The van der Waals surface area contributed by atoms with Crippen LogP contribution in [0.3, 0.4) is 0 Å². The molecule has 72 valence electrons. The fraction of sp³-hybridized carbons (Fsp3) is 0.400. The molecule has 1 rings (SSSR count). The van der Waals surface area contributed by atoms with Crippen LogP contribution in [0.1, 0.15) is 13.8 Å². The molecule has 0 radical (unpaired) electrons. The first-order valence-electron chi connectivity index (χ1n) is 4.30. The zero-order valence-electron chi connectivity index (χ0n) is 8.04. The molecule has 0 atom stereocenters. The molecular weight excluding hydrogens is 164 g/mol. The van der Waals surface area contributed by atoms with Crippen LogP contribution in [0, 0.1) is 0 Å². The summed E-state index contributed by atoms with van der Waals surface area (Å²) >= 11 is 0. The van der Waals surface area contributed by atoms with Crippen LogP contribution in [0.5, 0.6) is 0 Å². The first-order valence-corrected chi connectivity index (χ1v) is 4.30. The van der Waals surface area contributed by atoms with Gasteiger partial charge >= 0.3 is 0 Å². The molecule has 3 heteroatoms. The topological polar surface area (TPSA) is 58.3 Å². The van der Waals surface area contributed by atoms with Crippen molar-refractivity contribution in [2.45, 2.75) is 19.4 Å². The molecule has 4 N–H and O–H groups in total. The first kappa shape index (κ1) is 9.86. The highest BCUT2D eigenvalue weighted by atomic mass is 16.3. The van der Waals surface area contributed by atoms with Gasteiger partial charge in [0.25, 0.3) is 0 Å². The second kappa shape index (κ2) is 3.66. The van der Waals surface area contributed by atoms with Crippen molar-refractivity contribution in [1.29, 1.82) is 0 Å². The number of nitrogens with one attached hydrogen (secondary N) is 1. The Bertz CT molecular complexity index is 278. The van der Waals surface area contributed by atoms with Crippen molar-refractivity contribution in [2.24, 2.45) is 0 Å². The van der Waals surface area contributed by atoms with Gasteiger partial charge < -0.3 is 16.2 Å². The first-order chi connectivity index (χ1) is 5.99. The summed E-state index contributed by atoms with van der Waals surface area (Å²) in [5, 5.41) is 12.5. The van der Waals surface area contributed by atoms with E-state index in [2.05, 4.69) is 5.32 Å². The molecule has 3 nitrogen and oxygen atoms in total. The minimum absolute atomic E-state index is 0.487. The third kappa shape index (κ3) is 3.34. The van der Waals surface area contributed by atoms with Gasteiger partial charge in [0.15, 0.2) is 0 Å². The minimum Gasteiger partial charge on any atom is -0.397 e. The van der Waals surface area contributed by atoms with E-state index in [0.717, 1.165) is 5.69 Å². The summed E-state index contributed by atoms with van der Waals surface area (Å²) in [6.45, 7) is 3.99. The standard InChI is InChI=1S/C10H16N2O/c1-10(2,13)7-12-9-6-4-3-5-8(9)11/h3-6,12-13H,7,11H2,1-2H3. The molecule has 0 unspecified atom stereocenters. The second-order valence-corrected chi connectivity index (χ2v) is 3.75. The van der Waals surface area contributed by atoms with Crippen molar-refractivity contribution in [3.63, 3.8) is 0 Å². The molecule has 0 saturated heterocycles. The predicted molar refractivity (Wildman–Crippen MR) is 55.6 cm³/mol. The van der Waals surface area contributed by atoms with Gasteiger partial charge in [0.1, 0.15) is 0 Å². The van der Waals surface area contributed by atoms with Gasteiger partial charge in [-0.3, -0.25) is 0 Å². The molecule has 0 spiro atoms. The molecule has 0 heterocycles. The van der Waals surface area contributed by atoms with Crippen molar-refractivity contribution in [1.82, 2.24) is 0 Å². The quantitative estimate of drug-likeness (QED) is 0.617. The zero-order valence-corrected chi connectivity index (χ0v) is 8.04. The Hall–Kier alpha value is -1.22. The van der Waals surface area contributed by atoms with Gasteiger partial charge in [-0.15, -0.1) is 0 Å². The number of hydrogen-bond acceptors (Lipinski definition) is 3. The van der Waals surface area contributed by atoms with E-state index in [1.807, 2.05) is 24.3 Å². The van der Waals surface area contributed by atoms with Crippen LogP contribution in [0.4, 0.5) is 11.4 Å². The fourth-order valence-electron chi connectivity index (χ4n) is 0.970. The lowest BCUT2D eigenvalue weighted by Crippen LogP contribution is -2.29. The number of nitrogen functional groups attached to an aromatic ring is 1. The summed E-state index contributed by atoms with van der Waals surface area (Å²) in [4.78, 5) is 0. The van der Waals surface area contributed by atoms with E-state index in [4.69, 9.17) is 5.73 Å². The van der Waals surface area contributed by atoms with Gasteiger partial charge in [0.05, 0.1) is 17.0 Å². The van der Waals surface area contributed by atoms with Crippen LogP contribution in [0.2, 0.25) is 0 Å². The number of benzene rings is 1. The van der Waals surface area contributed by atoms with Crippen LogP contribution < -0.4 is 11.1 Å². The average molecular weight is 180 g/mol. The normalized spacial score (nSPS) is 11.3. The van der Waals surface area contributed by atoms with Crippen LogP contribution in [0.15, 0.2) is 24.3 Å². The summed E-state index contributed by atoms with van der Waals surface area (Å²) < 4.78 is 0. The number of anilines is 2. The maximum atomic E-state index is 9.47. The maximum absolute atomic E-state index is 9.47. The van der Waals surface area contributed by atoms with Crippen molar-refractivity contribution in [2.75, 3.05) is 17.6 Å². The highest BCUT2D eigenvalue weighted by Gasteiger charge is 2.11. The molecule has 0 saturated carbocycles. The van der Waals surface area contributed by atoms with Crippen molar-refractivity contribution in [3.05, 3.63) is 24.3 Å². The smallest absolute Gasteiger partial charge is 0.0763 e. The summed E-state index contributed by atoms with van der Waals surface area (Å²) in [6.07, 6.45) is 0. The van der Waals surface area contributed by atoms with Gasteiger partial charge in [-0.05, 0) is 26.0 Å². The highest BCUT2D eigenvalue weighted by molar-refractivity contribution is 5.65. The number of aliphatic hydroxyl groups is 1. The maximum Gasteiger partial charge on any atom is 0.0763 e. The molecule has 0 bridgehead atoms. The van der Waals surface area contributed by atoms with E-state index in [9.17, 15) is 5.11 Å². The summed E-state index contributed by atoms with van der Waals surface area (Å²) in [7, 11) is 0. The van der Waals surface area contributed by atoms with E-state index in [1.54, 1.807) is 13.8 Å². The molecule has 1 aromatic rings. The third-order valence-electron chi connectivity index (χ3n) is 1.67. The van der Waals surface area contributed by atoms with E-state index in [0.29, 0.717) is 12.2 Å². The largest absolute Gasteiger partial charge is 0.397 e. The van der Waals surface area contributed by atoms with Crippen molar-refractivity contribution >= 4 is 11.4 Å². The molecular formula is C10H16N2O. The van der Waals surface area contributed by atoms with Crippen LogP contribution in [-0.2, 0) is 0 Å². The summed E-state index contributed by atoms with van der Waals surface area (Å²) in [5.41, 5.74) is 6.55. The lowest BCUT2D eigenvalue weighted by molar-refractivity contribution is 0.0945. The Morgan fingerprint density at radius 3 is 2.54 bits per heavy atom. The SMILES string of the molecule is CC(C)(O)CNc1ccccc1N. The number of para-hydroxylation sites is 2. The molecule has 13 heavy (non-hydrogen) atoms. The van der Waals surface area contributed by atoms with Crippen molar-refractivity contribution in [3.8, 4) is 0 Å². The molecule has 0 aliphatic carbocycles. The van der Waals surface area contributed by atoms with Gasteiger partial charge in [-0.25, -0.2) is 0 Å². The van der Waals surface area contributed by atoms with E-state index >= 15 is 0 Å². The van der Waals surface area contributed by atoms with Gasteiger partial charge in [0, 0.05) is 6.54 Å². The van der Waals surface area contributed by atoms with E-state index in [1.165, 1.54) is 0 Å². The Morgan fingerprint density at radius 2 is 2.00 bits per heavy atom. The lowest BCUT2D eigenvalue weighted by atomic mass is 10.1. The Kier molecular flexibility index (Phi) is 2.78. The average Bonchev–Trinajstić information content (AvgIpc) is 2.01. The fourth-order valence-corrected chi connectivity index (χ4v) is 0.970. The second-order valence-electron chi connectivity index (χ2n) is 3.75. The van der Waals surface area contributed by atoms with Crippen LogP contribution in [0.25, 0.3) is 0 Å². The van der Waals surface area contributed by atoms with Gasteiger partial charge in [0.2, 0.25) is 0 Å². The zero-order chi connectivity index (χ0) is 9.90. The van der Waals surface area contributed by atoms with Gasteiger partial charge in [-0.2, -0.15) is 0 Å². The molecule has 0 aromatic heterocycles. The minimum atomic E-state index is -0.720. The van der Waals surface area contributed by atoms with E-state index < -0.39 is 5.60 Å². The number of rotatable bonds is 3. The molecule has 0 fully saturated rings. The molecule has 0 amide bonds. The van der Waals surface area contributed by atoms with E-state index in [-0.39, 0.29) is 0 Å². The van der Waals surface area contributed by atoms with Gasteiger partial charge in [-0.1, -0.05) is 12.1 Å². The third-order valence-corrected chi connectivity index (χ3v) is 1.67. The molecule has 0 aliphatic rings. The Labute approximate surface area is 78.6 Å². The van der Waals surface area contributed by atoms with Crippen LogP contribution in [-0.4, -0.2) is 17.3 Å². The predicted octanol–water partition coefficient (Wildman–Crippen LogP) is 1.45. The Morgan fingerprint density at radius 1 is 1.38 bits per heavy atom. The molecule has 0 aliphatic heterocycles. The van der Waals surface area contributed by atoms with Crippen LogP contribution >= 0.6 is 0 Å². The Balaban J connectivity index is 2.60. The summed E-state index contributed by atoms with van der Waals surface area (Å²) in [5.74, 6) is 0. The van der Waals surface area contributed by atoms with Crippen molar-refractivity contribution < 1.29 is 5.11 Å². The number of hydrogen-bond donors (Lipinski definition) is 3. The summed E-state index contributed by atoms with van der Waals surface area (Å²) in [6, 6.07) is 7.50. The highest BCUT2D eigenvalue weighted by Crippen LogP contribution is 2.17. The molecule has 1 aromatic carbocycles. The monoisotopic (exact) mass is 180 g/mol. The lowest BCUT2D eigenvalue weighted by Gasteiger charge is -2.19. The number of nitrogens with two attached hydrogens (primary N) is 1.